The van der Waals surface area contributed by atoms with E-state index in [9.17, 15) is 4.79 Å². The highest BCUT2D eigenvalue weighted by Gasteiger charge is 2.26. The highest BCUT2D eigenvalue weighted by atomic mass is 32.1. The molecule has 1 aromatic heterocycles. The summed E-state index contributed by atoms with van der Waals surface area (Å²) in [7, 11) is 0. The Bertz CT molecular complexity index is 380. The topological polar surface area (TPSA) is 17.1 Å². The normalized spacial score (nSPS) is 18.6. The van der Waals surface area contributed by atoms with E-state index in [4.69, 9.17) is 0 Å². The van der Waals surface area contributed by atoms with E-state index in [0.717, 1.165) is 19.3 Å². The fourth-order valence-corrected chi connectivity index (χ4v) is 3.89. The fourth-order valence-electron chi connectivity index (χ4n) is 2.90. The molecule has 0 saturated carbocycles. The van der Waals surface area contributed by atoms with Crippen LogP contribution in [0.1, 0.15) is 74.6 Å². The first kappa shape index (κ1) is 13.8. The Balaban J connectivity index is 1.80. The molecule has 100 valence electrons. The molecule has 18 heavy (non-hydrogen) atoms. The van der Waals surface area contributed by atoms with Gasteiger partial charge in [-0.15, -0.1) is 11.3 Å². The molecule has 0 spiro atoms. The summed E-state index contributed by atoms with van der Waals surface area (Å²) >= 11 is 1.83. The average Bonchev–Trinajstić information content (AvgIpc) is 2.86. The summed E-state index contributed by atoms with van der Waals surface area (Å²) in [5.74, 6) is 0.719. The molecule has 0 amide bonds. The van der Waals surface area contributed by atoms with Crippen molar-refractivity contribution in [2.45, 2.75) is 70.6 Å². The molecular weight excluding hydrogens is 240 g/mol. The molecule has 1 aromatic rings. The molecule has 0 N–H and O–H groups in total. The van der Waals surface area contributed by atoms with Crippen LogP contribution in [0.25, 0.3) is 0 Å². The third-order valence-electron chi connectivity index (χ3n) is 3.97. The molecule has 1 nitrogen and oxygen atoms in total. The molecule has 1 unspecified atom stereocenters. The monoisotopic (exact) mass is 264 g/mol. The summed E-state index contributed by atoms with van der Waals surface area (Å²) in [6.07, 6.45) is 10.4. The lowest BCUT2D eigenvalue weighted by molar-refractivity contribution is -0.120. The van der Waals surface area contributed by atoms with Crippen molar-refractivity contribution in [1.82, 2.24) is 0 Å². The van der Waals surface area contributed by atoms with E-state index < -0.39 is 0 Å². The van der Waals surface area contributed by atoms with Crippen molar-refractivity contribution in [1.29, 1.82) is 0 Å². The minimum atomic E-state index is 0.228. The summed E-state index contributed by atoms with van der Waals surface area (Å²) in [5, 5.41) is 2.15. The van der Waals surface area contributed by atoms with Gasteiger partial charge in [-0.2, -0.15) is 0 Å². The Morgan fingerprint density at radius 1 is 1.33 bits per heavy atom. The number of unbranched alkanes of at least 4 members (excludes halogenated alkanes) is 4. The highest BCUT2D eigenvalue weighted by molar-refractivity contribution is 7.10. The first-order valence-corrected chi connectivity index (χ1v) is 8.30. The third-order valence-corrected chi connectivity index (χ3v) is 4.96. The number of rotatable bonds is 7. The van der Waals surface area contributed by atoms with Gasteiger partial charge in [0.2, 0.25) is 0 Å². The van der Waals surface area contributed by atoms with Gasteiger partial charge in [-0.05, 0) is 42.7 Å². The number of ketones is 1. The van der Waals surface area contributed by atoms with Gasteiger partial charge >= 0.3 is 0 Å². The van der Waals surface area contributed by atoms with Gasteiger partial charge in [0.15, 0.2) is 0 Å². The summed E-state index contributed by atoms with van der Waals surface area (Å²) in [6, 6.07) is 2.18. The van der Waals surface area contributed by atoms with Crippen LogP contribution in [-0.2, 0) is 11.2 Å². The maximum atomic E-state index is 12.3. The number of Topliss-reactive ketones (excluding diaryl/α,β-unsaturated/α-hetero) is 1. The van der Waals surface area contributed by atoms with Gasteiger partial charge in [0, 0.05) is 17.2 Å². The molecule has 0 fully saturated rings. The predicted octanol–water partition coefficient (Wildman–Crippen LogP) is 5.10. The zero-order valence-corrected chi connectivity index (χ0v) is 12.2. The maximum absolute atomic E-state index is 12.3. The SMILES string of the molecule is CCCCCCCC(=O)C1CCCc2sccc21. The molecule has 0 aliphatic heterocycles. The van der Waals surface area contributed by atoms with Gasteiger partial charge in [0.05, 0.1) is 0 Å². The number of thiophene rings is 1. The number of fused-ring (bicyclic) bond motifs is 1. The van der Waals surface area contributed by atoms with Crippen LogP contribution in [0.5, 0.6) is 0 Å². The van der Waals surface area contributed by atoms with Crippen LogP contribution < -0.4 is 0 Å². The zero-order chi connectivity index (χ0) is 12.8. The van der Waals surface area contributed by atoms with Crippen LogP contribution >= 0.6 is 11.3 Å². The van der Waals surface area contributed by atoms with Crippen molar-refractivity contribution >= 4 is 17.1 Å². The van der Waals surface area contributed by atoms with E-state index >= 15 is 0 Å². The van der Waals surface area contributed by atoms with Gasteiger partial charge in [-0.1, -0.05) is 32.6 Å². The molecule has 0 bridgehead atoms. The summed E-state index contributed by atoms with van der Waals surface area (Å²) in [6.45, 7) is 2.23. The van der Waals surface area contributed by atoms with Crippen LogP contribution in [0.4, 0.5) is 0 Å². The lowest BCUT2D eigenvalue weighted by Gasteiger charge is -2.21. The summed E-state index contributed by atoms with van der Waals surface area (Å²) < 4.78 is 0. The smallest absolute Gasteiger partial charge is 0.140 e. The van der Waals surface area contributed by atoms with E-state index in [1.165, 1.54) is 49.0 Å². The number of aryl methyl sites for hydroxylation is 1. The van der Waals surface area contributed by atoms with E-state index in [-0.39, 0.29) is 5.92 Å². The van der Waals surface area contributed by atoms with Gasteiger partial charge in [-0.3, -0.25) is 4.79 Å². The minimum absolute atomic E-state index is 0.228. The molecule has 1 aliphatic carbocycles. The summed E-state index contributed by atoms with van der Waals surface area (Å²) in [5.41, 5.74) is 1.35. The Morgan fingerprint density at radius 3 is 3.00 bits per heavy atom. The third kappa shape index (κ3) is 3.44. The second kappa shape index (κ2) is 7.08. The maximum Gasteiger partial charge on any atom is 0.140 e. The number of hydrogen-bond acceptors (Lipinski definition) is 2. The van der Waals surface area contributed by atoms with Crippen molar-refractivity contribution in [3.05, 3.63) is 21.9 Å². The van der Waals surface area contributed by atoms with Crippen molar-refractivity contribution in [2.24, 2.45) is 0 Å². The first-order valence-electron chi connectivity index (χ1n) is 7.42. The second-order valence-electron chi connectivity index (χ2n) is 5.37. The molecule has 2 rings (SSSR count). The predicted molar refractivity (Wildman–Crippen MR) is 78.4 cm³/mol. The Labute approximate surface area is 115 Å². The Morgan fingerprint density at radius 2 is 2.17 bits per heavy atom. The molecule has 2 heteroatoms. The summed E-state index contributed by atoms with van der Waals surface area (Å²) in [4.78, 5) is 13.8. The fraction of sp³-hybridized carbons (Fsp3) is 0.688. The average molecular weight is 264 g/mol. The highest BCUT2D eigenvalue weighted by Crippen LogP contribution is 2.36. The number of carbonyl (C=O) groups excluding carboxylic acids is 1. The number of carbonyl (C=O) groups is 1. The number of hydrogen-bond donors (Lipinski definition) is 0. The van der Waals surface area contributed by atoms with Crippen molar-refractivity contribution in [3.8, 4) is 0 Å². The van der Waals surface area contributed by atoms with Crippen molar-refractivity contribution in [3.63, 3.8) is 0 Å². The van der Waals surface area contributed by atoms with Gasteiger partial charge in [0.25, 0.3) is 0 Å². The van der Waals surface area contributed by atoms with Gasteiger partial charge in [-0.25, -0.2) is 0 Å². The van der Waals surface area contributed by atoms with Crippen molar-refractivity contribution in [2.75, 3.05) is 0 Å². The first-order chi connectivity index (χ1) is 8.83. The van der Waals surface area contributed by atoms with E-state index in [0.29, 0.717) is 5.78 Å². The lowest BCUT2D eigenvalue weighted by Crippen LogP contribution is -2.16. The Kier molecular flexibility index (Phi) is 5.43. The molecule has 1 heterocycles. The molecule has 1 atom stereocenters. The van der Waals surface area contributed by atoms with E-state index in [1.807, 2.05) is 11.3 Å². The van der Waals surface area contributed by atoms with Crippen molar-refractivity contribution < 1.29 is 4.79 Å². The van der Waals surface area contributed by atoms with Gasteiger partial charge < -0.3 is 0 Å². The van der Waals surface area contributed by atoms with E-state index in [2.05, 4.69) is 18.4 Å². The second-order valence-corrected chi connectivity index (χ2v) is 6.38. The van der Waals surface area contributed by atoms with Crippen LogP contribution in [0.15, 0.2) is 11.4 Å². The zero-order valence-electron chi connectivity index (χ0n) is 11.4. The quantitative estimate of drug-likeness (QED) is 0.626. The molecule has 0 saturated heterocycles. The Hall–Kier alpha value is -0.630. The van der Waals surface area contributed by atoms with Crippen LogP contribution in [0.3, 0.4) is 0 Å². The minimum Gasteiger partial charge on any atom is -0.299 e. The van der Waals surface area contributed by atoms with Crippen LogP contribution in [-0.4, -0.2) is 5.78 Å². The standard InChI is InChI=1S/C16H24OS/c1-2-3-4-5-6-9-15(17)13-8-7-10-16-14(13)11-12-18-16/h11-13H,2-10H2,1H3. The van der Waals surface area contributed by atoms with Crippen LogP contribution in [0, 0.1) is 0 Å². The largest absolute Gasteiger partial charge is 0.299 e. The molecular formula is C16H24OS. The molecule has 0 aromatic carbocycles. The molecule has 0 radical (unpaired) electrons. The van der Waals surface area contributed by atoms with Crippen LogP contribution in [0.2, 0.25) is 0 Å². The van der Waals surface area contributed by atoms with Gasteiger partial charge in [0.1, 0.15) is 5.78 Å². The molecule has 1 aliphatic rings. The van der Waals surface area contributed by atoms with E-state index in [1.54, 1.807) is 0 Å². The lowest BCUT2D eigenvalue weighted by atomic mass is 9.83.